The van der Waals surface area contributed by atoms with Gasteiger partial charge in [-0.3, -0.25) is 4.79 Å². The smallest absolute Gasteiger partial charge is 0.306 e. The minimum Gasteiger partial charge on any atom is -0.462 e. The lowest BCUT2D eigenvalue weighted by Crippen LogP contribution is -2.69. The third-order valence-corrected chi connectivity index (χ3v) is 17.2. The quantitative estimate of drug-likeness (QED) is 0.0658. The lowest BCUT2D eigenvalue weighted by molar-refractivity contribution is -0.364. The van der Waals surface area contributed by atoms with Crippen LogP contribution in [0.2, 0.25) is 0 Å². The zero-order valence-corrected chi connectivity index (χ0v) is 38.1. The molecular formula is C45H76O20. The highest BCUT2D eigenvalue weighted by Crippen LogP contribution is 2.69. The first-order valence-corrected chi connectivity index (χ1v) is 23.8. The summed E-state index contributed by atoms with van der Waals surface area (Å²) in [5.74, 6) is -0.195. The van der Waals surface area contributed by atoms with E-state index < -0.39 is 129 Å². The summed E-state index contributed by atoms with van der Waals surface area (Å²) in [7, 11) is 0. The largest absolute Gasteiger partial charge is 0.462 e. The SMILES string of the molecule is CCC1C(OC(=O)CCC(C)COC2OC(CO)C(O)C(O)C2O)CC2C3CC(O)C4(O)CC(OC5OC(CO)C(OC6OC(C)C(O)C(O)C6O)C(O)C5O)CCC4(C)C3CCC12C. The summed E-state index contributed by atoms with van der Waals surface area (Å²) < 4.78 is 40.7. The Labute approximate surface area is 379 Å². The van der Waals surface area contributed by atoms with Crippen LogP contribution in [0.15, 0.2) is 0 Å². The van der Waals surface area contributed by atoms with Crippen molar-refractivity contribution in [2.75, 3.05) is 19.8 Å². The highest BCUT2D eigenvalue weighted by Gasteiger charge is 2.69. The molecule has 65 heavy (non-hydrogen) atoms. The third kappa shape index (κ3) is 9.43. The van der Waals surface area contributed by atoms with Crippen molar-refractivity contribution in [2.45, 2.75) is 215 Å². The van der Waals surface area contributed by atoms with E-state index in [2.05, 4.69) is 13.8 Å². The van der Waals surface area contributed by atoms with E-state index in [0.717, 1.165) is 19.3 Å². The fourth-order valence-electron chi connectivity index (χ4n) is 13.3. The molecule has 7 fully saturated rings. The summed E-state index contributed by atoms with van der Waals surface area (Å²) in [4.78, 5) is 13.4. The summed E-state index contributed by atoms with van der Waals surface area (Å²) in [6, 6.07) is 0. The van der Waals surface area contributed by atoms with Gasteiger partial charge in [-0.2, -0.15) is 0 Å². The van der Waals surface area contributed by atoms with Gasteiger partial charge in [0.05, 0.1) is 43.7 Å². The second-order valence-electron chi connectivity index (χ2n) is 21.0. The second-order valence-corrected chi connectivity index (χ2v) is 21.0. The molecule has 0 aromatic carbocycles. The van der Waals surface area contributed by atoms with Crippen molar-refractivity contribution in [3.63, 3.8) is 0 Å². The van der Waals surface area contributed by atoms with Gasteiger partial charge in [-0.05, 0) is 87.4 Å². The number of hydrogen-bond donors (Lipinski definition) is 12. The minimum absolute atomic E-state index is 0.0201. The van der Waals surface area contributed by atoms with E-state index in [1.54, 1.807) is 0 Å². The second kappa shape index (κ2) is 20.2. The van der Waals surface area contributed by atoms with E-state index in [9.17, 15) is 66.1 Å². The molecule has 3 heterocycles. The monoisotopic (exact) mass is 936 g/mol. The van der Waals surface area contributed by atoms with Crippen molar-refractivity contribution in [3.8, 4) is 0 Å². The zero-order valence-electron chi connectivity index (χ0n) is 38.1. The van der Waals surface area contributed by atoms with Crippen molar-refractivity contribution in [2.24, 2.45) is 40.4 Å². The van der Waals surface area contributed by atoms with Crippen LogP contribution >= 0.6 is 0 Å². The van der Waals surface area contributed by atoms with E-state index in [1.807, 2.05) is 13.8 Å². The van der Waals surface area contributed by atoms with Crippen molar-refractivity contribution < 1.29 is 99.2 Å². The highest BCUT2D eigenvalue weighted by atomic mass is 16.7. The number of aliphatic hydroxyl groups is 12. The van der Waals surface area contributed by atoms with Gasteiger partial charge in [-0.25, -0.2) is 0 Å². The van der Waals surface area contributed by atoms with E-state index in [0.29, 0.717) is 32.1 Å². The molecule has 26 atom stereocenters. The molecular weight excluding hydrogens is 860 g/mol. The van der Waals surface area contributed by atoms with Gasteiger partial charge in [0.15, 0.2) is 18.9 Å². The summed E-state index contributed by atoms with van der Waals surface area (Å²) >= 11 is 0. The number of carbonyl (C=O) groups is 1. The molecule has 376 valence electrons. The summed E-state index contributed by atoms with van der Waals surface area (Å²) in [6.07, 6.45) is -18.9. The van der Waals surface area contributed by atoms with Gasteiger partial charge in [0.2, 0.25) is 0 Å². The number of carbonyl (C=O) groups excluding carboxylic acids is 1. The van der Waals surface area contributed by atoms with Gasteiger partial charge in [0.25, 0.3) is 0 Å². The van der Waals surface area contributed by atoms with Gasteiger partial charge in [-0.15, -0.1) is 0 Å². The van der Waals surface area contributed by atoms with Gasteiger partial charge in [-0.1, -0.05) is 27.7 Å². The van der Waals surface area contributed by atoms with Gasteiger partial charge in [0, 0.05) is 24.2 Å². The Balaban J connectivity index is 0.942. The van der Waals surface area contributed by atoms with Crippen LogP contribution in [0.4, 0.5) is 0 Å². The Hall–Kier alpha value is -1.25. The summed E-state index contributed by atoms with van der Waals surface area (Å²) in [5, 5.41) is 128. The van der Waals surface area contributed by atoms with Crippen LogP contribution in [-0.2, 0) is 38.0 Å². The average Bonchev–Trinajstić information content (AvgIpc) is 3.56. The molecule has 4 saturated carbocycles. The van der Waals surface area contributed by atoms with Crippen molar-refractivity contribution in [3.05, 3.63) is 0 Å². The molecule has 0 bridgehead atoms. The Morgan fingerprint density at radius 2 is 1.37 bits per heavy atom. The maximum Gasteiger partial charge on any atom is 0.306 e. The molecule has 0 aromatic rings. The number of ether oxygens (including phenoxy) is 7. The van der Waals surface area contributed by atoms with E-state index in [4.69, 9.17) is 33.2 Å². The minimum atomic E-state index is -1.70. The first-order chi connectivity index (χ1) is 30.6. The van der Waals surface area contributed by atoms with Gasteiger partial charge in [0.1, 0.15) is 73.2 Å². The highest BCUT2D eigenvalue weighted by molar-refractivity contribution is 5.69. The maximum absolute atomic E-state index is 13.4. The number of fused-ring (bicyclic) bond motifs is 5. The molecule has 4 aliphatic carbocycles. The average molecular weight is 937 g/mol. The molecule has 0 aromatic heterocycles. The predicted octanol–water partition coefficient (Wildman–Crippen LogP) is -2.07. The van der Waals surface area contributed by atoms with Crippen LogP contribution in [0.25, 0.3) is 0 Å². The maximum atomic E-state index is 13.4. The van der Waals surface area contributed by atoms with Crippen LogP contribution in [-0.4, -0.2) is 203 Å². The van der Waals surface area contributed by atoms with E-state index in [1.165, 1.54) is 6.92 Å². The van der Waals surface area contributed by atoms with Crippen LogP contribution in [0.3, 0.4) is 0 Å². The zero-order chi connectivity index (χ0) is 47.5. The first kappa shape index (κ1) is 51.6. The van der Waals surface area contributed by atoms with Crippen molar-refractivity contribution in [1.82, 2.24) is 0 Å². The Morgan fingerprint density at radius 1 is 0.738 bits per heavy atom. The molecule has 26 unspecified atom stereocenters. The third-order valence-electron chi connectivity index (χ3n) is 17.2. The van der Waals surface area contributed by atoms with Crippen LogP contribution in [0.1, 0.15) is 98.8 Å². The molecule has 3 aliphatic heterocycles. The fraction of sp³-hybridized carbons (Fsp3) is 0.978. The molecule has 12 N–H and O–H groups in total. The predicted molar refractivity (Wildman–Crippen MR) is 222 cm³/mol. The molecule has 7 aliphatic rings. The lowest BCUT2D eigenvalue weighted by atomic mass is 9.42. The molecule has 20 heteroatoms. The topological polar surface area (TPSA) is 324 Å². The molecule has 7 rings (SSSR count). The van der Waals surface area contributed by atoms with E-state index in [-0.39, 0.29) is 66.5 Å². The van der Waals surface area contributed by atoms with Crippen LogP contribution < -0.4 is 0 Å². The Kier molecular flexibility index (Phi) is 16.1. The van der Waals surface area contributed by atoms with Crippen molar-refractivity contribution in [1.29, 1.82) is 0 Å². The number of hydrogen-bond acceptors (Lipinski definition) is 20. The molecule has 0 amide bonds. The summed E-state index contributed by atoms with van der Waals surface area (Å²) in [6.45, 7) is 8.58. The normalized spacial score (nSPS) is 52.8. The standard InChI is InChI=1S/C45H76O20/c1-6-23-26(62-30(49)8-7-19(2)18-59-40-36(55)34(53)32(51)27(16-46)63-40)14-25-22-13-29(48)45(58)15-21(9-12-44(45,5)24(22)10-11-43(23,25)4)61-42-38(57)35(54)39(28(17-47)64-42)65-41-37(56)33(52)31(50)20(3)60-41/h19-29,31-42,46-48,50-58H,6-18H2,1-5H3. The fourth-order valence-corrected chi connectivity index (χ4v) is 13.3. The molecule has 0 spiro atoms. The molecule has 20 nitrogen and oxygen atoms in total. The Bertz CT molecular complexity index is 1590. The van der Waals surface area contributed by atoms with Gasteiger partial charge >= 0.3 is 5.97 Å². The number of rotatable bonds is 14. The lowest BCUT2D eigenvalue weighted by Gasteiger charge is -2.65. The Morgan fingerprint density at radius 3 is 2.05 bits per heavy atom. The molecule has 0 radical (unpaired) electrons. The van der Waals surface area contributed by atoms with E-state index >= 15 is 0 Å². The van der Waals surface area contributed by atoms with Crippen molar-refractivity contribution >= 4 is 5.97 Å². The number of esters is 1. The van der Waals surface area contributed by atoms with Crippen LogP contribution in [0, 0.1) is 40.4 Å². The number of aliphatic hydroxyl groups excluding tert-OH is 11. The van der Waals surface area contributed by atoms with Gasteiger partial charge < -0.3 is 94.4 Å². The first-order valence-electron chi connectivity index (χ1n) is 23.8. The van der Waals surface area contributed by atoms with Crippen LogP contribution in [0.5, 0.6) is 0 Å². The summed E-state index contributed by atoms with van der Waals surface area (Å²) in [5.41, 5.74) is -2.45. The molecule has 3 saturated heterocycles.